The van der Waals surface area contributed by atoms with Gasteiger partial charge in [0.15, 0.2) is 11.6 Å². The quantitative estimate of drug-likeness (QED) is 0.169. The summed E-state index contributed by atoms with van der Waals surface area (Å²) in [6, 6.07) is 70.9. The average Bonchev–Trinajstić information content (AvgIpc) is 3.98. The van der Waals surface area contributed by atoms with Crippen molar-refractivity contribution < 1.29 is 0 Å². The molecule has 0 amide bonds. The Morgan fingerprint density at radius 3 is 1.75 bits per heavy atom. The summed E-state index contributed by atoms with van der Waals surface area (Å²) >= 11 is 1.78. The first kappa shape index (κ1) is 33.5. The van der Waals surface area contributed by atoms with Gasteiger partial charge in [0, 0.05) is 58.7 Å². The van der Waals surface area contributed by atoms with E-state index in [2.05, 4.69) is 191 Å². The van der Waals surface area contributed by atoms with E-state index in [0.29, 0.717) is 17.6 Å². The van der Waals surface area contributed by atoms with Gasteiger partial charge < -0.3 is 4.57 Å². The van der Waals surface area contributed by atoms with Crippen LogP contribution in [0.1, 0.15) is 0 Å². The molecule has 59 heavy (non-hydrogen) atoms. The lowest BCUT2D eigenvalue weighted by Gasteiger charge is -2.14. The van der Waals surface area contributed by atoms with E-state index in [4.69, 9.17) is 15.0 Å². The van der Waals surface area contributed by atoms with Crippen molar-refractivity contribution >= 4 is 64.2 Å². The van der Waals surface area contributed by atoms with Crippen LogP contribution in [0.3, 0.4) is 0 Å². The Bertz CT molecular complexity index is 3470. The Labute approximate surface area is 343 Å². The maximum absolute atomic E-state index is 5.35. The zero-order chi connectivity index (χ0) is 38.9. The van der Waals surface area contributed by atoms with Crippen molar-refractivity contribution in [2.45, 2.75) is 0 Å². The van der Waals surface area contributed by atoms with Crippen LogP contribution in [0, 0.1) is 0 Å². The zero-order valence-electron chi connectivity index (χ0n) is 31.7. The van der Waals surface area contributed by atoms with E-state index in [9.17, 15) is 0 Å². The first-order valence-corrected chi connectivity index (χ1v) is 20.6. The van der Waals surface area contributed by atoms with Crippen LogP contribution in [-0.2, 0) is 0 Å². The summed E-state index contributed by atoms with van der Waals surface area (Å²) in [7, 11) is 0. The summed E-state index contributed by atoms with van der Waals surface area (Å²) in [4.78, 5) is 15.8. The minimum Gasteiger partial charge on any atom is -0.309 e. The molecule has 0 aliphatic rings. The van der Waals surface area contributed by atoms with Crippen LogP contribution in [-0.4, -0.2) is 24.1 Å². The van der Waals surface area contributed by atoms with Crippen molar-refractivity contribution in [3.05, 3.63) is 200 Å². The molecule has 0 atom stereocenters. The van der Waals surface area contributed by atoms with Crippen LogP contribution in [0.4, 0.5) is 0 Å². The Morgan fingerprint density at radius 2 is 0.966 bits per heavy atom. The number of thiophene rings is 1. The highest BCUT2D eigenvalue weighted by molar-refractivity contribution is 7.26. The topological polar surface area (TPSA) is 48.5 Å². The van der Waals surface area contributed by atoms with Crippen LogP contribution < -0.4 is 0 Å². The molecule has 0 saturated carbocycles. The van der Waals surface area contributed by atoms with Crippen LogP contribution in [0.25, 0.3) is 110 Å². The molecular formula is C53H33N5S. The van der Waals surface area contributed by atoms with Crippen molar-refractivity contribution in [2.24, 2.45) is 0 Å². The molecule has 0 N–H and O–H groups in total. The maximum atomic E-state index is 5.35. The normalized spacial score (nSPS) is 11.7. The van der Waals surface area contributed by atoms with Crippen LogP contribution in [0.2, 0.25) is 0 Å². The van der Waals surface area contributed by atoms with Crippen molar-refractivity contribution in [2.75, 3.05) is 0 Å². The molecule has 0 radical (unpaired) electrons. The number of benzene rings is 8. The largest absolute Gasteiger partial charge is 0.309 e. The van der Waals surface area contributed by atoms with Gasteiger partial charge in [-0.05, 0) is 59.7 Å². The molecule has 0 bridgehead atoms. The summed E-state index contributed by atoms with van der Waals surface area (Å²) in [5, 5.41) is 5.91. The van der Waals surface area contributed by atoms with Gasteiger partial charge in [-0.1, -0.05) is 152 Å². The fourth-order valence-electron chi connectivity index (χ4n) is 8.82. The molecule has 0 saturated heterocycles. The standard InChI is InChI=1S/C53H33N5S/c1-4-17-34(18-5-1)48-41-25-11-14-29-45(41)57(37-21-8-3-9-22-37)49(48)36-31-32-46-43(33-36)38-23-10-13-28-44(38)58(46)53-55-51(35-19-6-2-7-20-35)54-52(56-53)42-27-16-26-40-39-24-12-15-30-47(39)59-50(40)42/h1-33H. The van der Waals surface area contributed by atoms with Crippen LogP contribution in [0.15, 0.2) is 200 Å². The number of aromatic nitrogens is 5. The molecule has 0 spiro atoms. The van der Waals surface area contributed by atoms with Crippen LogP contribution >= 0.6 is 11.3 Å². The third kappa shape index (κ3) is 5.34. The van der Waals surface area contributed by atoms with E-state index in [1.807, 2.05) is 18.2 Å². The maximum Gasteiger partial charge on any atom is 0.238 e. The number of rotatable bonds is 6. The lowest BCUT2D eigenvalue weighted by Crippen LogP contribution is -2.06. The van der Waals surface area contributed by atoms with Crippen molar-refractivity contribution in [1.82, 2.24) is 24.1 Å². The lowest BCUT2D eigenvalue weighted by molar-refractivity contribution is 0.954. The summed E-state index contributed by atoms with van der Waals surface area (Å²) in [5.41, 5.74) is 10.9. The lowest BCUT2D eigenvalue weighted by atomic mass is 9.97. The monoisotopic (exact) mass is 771 g/mol. The fraction of sp³-hybridized carbons (Fsp3) is 0. The van der Waals surface area contributed by atoms with Gasteiger partial charge >= 0.3 is 0 Å². The van der Waals surface area contributed by atoms with Crippen molar-refractivity contribution in [1.29, 1.82) is 0 Å². The predicted molar refractivity (Wildman–Crippen MR) is 246 cm³/mol. The predicted octanol–water partition coefficient (Wildman–Crippen LogP) is 13.9. The van der Waals surface area contributed by atoms with Gasteiger partial charge in [0.1, 0.15) is 0 Å². The fourth-order valence-corrected chi connectivity index (χ4v) is 10.0. The molecule has 0 unspecified atom stereocenters. The molecule has 4 aromatic heterocycles. The zero-order valence-corrected chi connectivity index (χ0v) is 32.5. The molecular weight excluding hydrogens is 739 g/mol. The molecule has 12 rings (SSSR count). The molecule has 4 heterocycles. The molecule has 6 heteroatoms. The van der Waals surface area contributed by atoms with Crippen molar-refractivity contribution in [3.63, 3.8) is 0 Å². The average molecular weight is 772 g/mol. The van der Waals surface area contributed by atoms with Gasteiger partial charge in [-0.15, -0.1) is 11.3 Å². The second kappa shape index (κ2) is 13.5. The van der Waals surface area contributed by atoms with E-state index in [1.165, 1.54) is 36.7 Å². The molecule has 0 aliphatic carbocycles. The summed E-state index contributed by atoms with van der Waals surface area (Å²) in [5.74, 6) is 1.86. The van der Waals surface area contributed by atoms with Crippen molar-refractivity contribution in [3.8, 4) is 56.8 Å². The summed E-state index contributed by atoms with van der Waals surface area (Å²) in [6.07, 6.45) is 0. The van der Waals surface area contributed by atoms with Gasteiger partial charge in [-0.3, -0.25) is 4.57 Å². The molecule has 5 nitrogen and oxygen atoms in total. The minimum absolute atomic E-state index is 0.578. The Kier molecular flexibility index (Phi) is 7.64. The second-order valence-corrected chi connectivity index (χ2v) is 15.8. The van der Waals surface area contributed by atoms with Gasteiger partial charge in [0.05, 0.1) is 22.2 Å². The number of para-hydroxylation sites is 3. The van der Waals surface area contributed by atoms with Crippen LogP contribution in [0.5, 0.6) is 0 Å². The van der Waals surface area contributed by atoms with E-state index in [-0.39, 0.29) is 0 Å². The van der Waals surface area contributed by atoms with Gasteiger partial charge in [0.2, 0.25) is 5.95 Å². The van der Waals surface area contributed by atoms with E-state index < -0.39 is 0 Å². The molecule has 0 fully saturated rings. The number of hydrogen-bond donors (Lipinski definition) is 0. The van der Waals surface area contributed by atoms with Gasteiger partial charge in [-0.25, -0.2) is 4.98 Å². The first-order chi connectivity index (χ1) is 29.3. The third-order valence-electron chi connectivity index (χ3n) is 11.4. The molecule has 8 aromatic carbocycles. The highest BCUT2D eigenvalue weighted by Gasteiger charge is 2.24. The number of nitrogens with zero attached hydrogens (tertiary/aromatic N) is 5. The van der Waals surface area contributed by atoms with E-state index in [1.54, 1.807) is 11.3 Å². The van der Waals surface area contributed by atoms with E-state index >= 15 is 0 Å². The second-order valence-electron chi connectivity index (χ2n) is 14.8. The Balaban J connectivity index is 1.13. The smallest absolute Gasteiger partial charge is 0.238 e. The first-order valence-electron chi connectivity index (χ1n) is 19.8. The van der Waals surface area contributed by atoms with Gasteiger partial charge in [-0.2, -0.15) is 9.97 Å². The SMILES string of the molecule is c1ccc(-c2nc(-c3cccc4c3sc3ccccc34)nc(-n3c4ccccc4c4cc(-c5c(-c6ccccc6)c6ccccc6n5-c5ccccc5)ccc43)n2)cc1. The highest BCUT2D eigenvalue weighted by Crippen LogP contribution is 2.45. The third-order valence-corrected chi connectivity index (χ3v) is 12.6. The van der Waals surface area contributed by atoms with Gasteiger partial charge in [0.25, 0.3) is 0 Å². The number of fused-ring (bicyclic) bond motifs is 7. The molecule has 0 aliphatic heterocycles. The number of hydrogen-bond acceptors (Lipinski definition) is 4. The molecule has 12 aromatic rings. The summed E-state index contributed by atoms with van der Waals surface area (Å²) < 4.78 is 7.03. The molecule has 276 valence electrons. The highest BCUT2D eigenvalue weighted by atomic mass is 32.1. The summed E-state index contributed by atoms with van der Waals surface area (Å²) in [6.45, 7) is 0. The van der Waals surface area contributed by atoms with E-state index in [0.717, 1.165) is 55.4 Å². The minimum atomic E-state index is 0.578. The Morgan fingerprint density at radius 1 is 0.373 bits per heavy atom. The Hall–Kier alpha value is -7.67.